The Bertz CT molecular complexity index is 588. The molecule has 2 aliphatic rings. The molecule has 6 heteroatoms. The third kappa shape index (κ3) is 4.05. The lowest BCUT2D eigenvalue weighted by molar-refractivity contribution is -0.0817. The fraction of sp³-hybridized carbons (Fsp3) is 0.611. The van der Waals surface area contributed by atoms with Crippen molar-refractivity contribution in [2.45, 2.75) is 38.5 Å². The van der Waals surface area contributed by atoms with Crippen LogP contribution in [0.1, 0.15) is 24.0 Å². The molecule has 0 amide bonds. The monoisotopic (exact) mass is 335 g/mol. The van der Waals surface area contributed by atoms with Crippen LogP contribution in [0.4, 0.5) is 4.39 Å². The zero-order chi connectivity index (χ0) is 16.9. The quantitative estimate of drug-likeness (QED) is 0.679. The Labute approximate surface area is 142 Å². The molecule has 2 aliphatic heterocycles. The van der Waals surface area contributed by atoms with Crippen molar-refractivity contribution in [1.29, 1.82) is 0 Å². The minimum Gasteiger partial charge on any atom is -0.375 e. The molecule has 0 spiro atoms. The number of nitrogens with one attached hydrogen (secondary N) is 1. The molecule has 0 saturated carbocycles. The van der Waals surface area contributed by atoms with E-state index in [1.165, 1.54) is 6.07 Å². The largest absolute Gasteiger partial charge is 0.375 e. The van der Waals surface area contributed by atoms with Crippen molar-refractivity contribution in [2.24, 2.45) is 4.99 Å². The number of hydrogen-bond donors (Lipinski definition) is 1. The van der Waals surface area contributed by atoms with Crippen molar-refractivity contribution in [2.75, 3.05) is 33.4 Å². The predicted molar refractivity (Wildman–Crippen MR) is 91.6 cm³/mol. The number of morpholine rings is 1. The van der Waals surface area contributed by atoms with Crippen LogP contribution in [0.15, 0.2) is 23.2 Å². The summed E-state index contributed by atoms with van der Waals surface area (Å²) in [5.74, 6) is 0.680. The molecular weight excluding hydrogens is 309 g/mol. The molecular formula is C18H26FN3O2. The van der Waals surface area contributed by atoms with Crippen molar-refractivity contribution in [3.63, 3.8) is 0 Å². The third-order valence-corrected chi connectivity index (χ3v) is 4.66. The van der Waals surface area contributed by atoms with E-state index in [-0.39, 0.29) is 18.0 Å². The molecule has 0 radical (unpaired) electrons. The highest BCUT2D eigenvalue weighted by molar-refractivity contribution is 5.80. The molecule has 0 aliphatic carbocycles. The summed E-state index contributed by atoms with van der Waals surface area (Å²) in [7, 11) is 1.79. The molecule has 1 N–H and O–H groups in total. The molecule has 2 heterocycles. The van der Waals surface area contributed by atoms with Crippen LogP contribution in [0.2, 0.25) is 0 Å². The van der Waals surface area contributed by atoms with Gasteiger partial charge in [0.1, 0.15) is 11.9 Å². The molecule has 2 atom stereocenters. The van der Waals surface area contributed by atoms with Gasteiger partial charge in [-0.3, -0.25) is 4.99 Å². The van der Waals surface area contributed by atoms with Crippen LogP contribution < -0.4 is 5.32 Å². The van der Waals surface area contributed by atoms with Gasteiger partial charge in [-0.2, -0.15) is 0 Å². The lowest BCUT2D eigenvalue weighted by Gasteiger charge is -2.37. The van der Waals surface area contributed by atoms with Crippen LogP contribution in [0.5, 0.6) is 0 Å². The number of ether oxygens (including phenoxy) is 2. The first-order chi connectivity index (χ1) is 11.7. The SMILES string of the molecule is CN=C(NCc1ccc(F)c(C)c1)N1CCOC(C2CCCO2)C1. The minimum absolute atomic E-state index is 0.105. The summed E-state index contributed by atoms with van der Waals surface area (Å²) in [6, 6.07) is 5.18. The maximum Gasteiger partial charge on any atom is 0.194 e. The normalized spacial score (nSPS) is 25.1. The molecule has 0 bridgehead atoms. The Morgan fingerprint density at radius 3 is 2.88 bits per heavy atom. The van der Waals surface area contributed by atoms with Gasteiger partial charge < -0.3 is 19.7 Å². The zero-order valence-corrected chi connectivity index (χ0v) is 14.4. The number of benzene rings is 1. The summed E-state index contributed by atoms with van der Waals surface area (Å²) in [4.78, 5) is 6.60. The molecule has 0 aromatic heterocycles. The van der Waals surface area contributed by atoms with E-state index in [4.69, 9.17) is 9.47 Å². The van der Waals surface area contributed by atoms with Crippen LogP contribution in [-0.2, 0) is 16.0 Å². The van der Waals surface area contributed by atoms with E-state index in [0.717, 1.165) is 44.1 Å². The Kier molecular flexibility index (Phi) is 5.68. The predicted octanol–water partition coefficient (Wildman–Crippen LogP) is 2.09. The van der Waals surface area contributed by atoms with Crippen LogP contribution in [-0.4, -0.2) is 56.4 Å². The molecule has 2 unspecified atom stereocenters. The standard InChI is InChI=1S/C18H26FN3O2/c1-13-10-14(5-6-15(13)19)11-21-18(20-2)22-7-9-24-17(12-22)16-4-3-8-23-16/h5-6,10,16-17H,3-4,7-9,11-12H2,1-2H3,(H,20,21). The summed E-state index contributed by atoms with van der Waals surface area (Å²) >= 11 is 0. The summed E-state index contributed by atoms with van der Waals surface area (Å²) in [5.41, 5.74) is 1.70. The maximum absolute atomic E-state index is 13.4. The van der Waals surface area contributed by atoms with Gasteiger partial charge in [-0.15, -0.1) is 0 Å². The zero-order valence-electron chi connectivity index (χ0n) is 14.4. The van der Waals surface area contributed by atoms with E-state index in [1.807, 2.05) is 6.07 Å². The molecule has 1 aromatic carbocycles. The van der Waals surface area contributed by atoms with Gasteiger partial charge in [0.05, 0.1) is 12.7 Å². The van der Waals surface area contributed by atoms with Gasteiger partial charge in [0.25, 0.3) is 0 Å². The second-order valence-electron chi connectivity index (χ2n) is 6.39. The Balaban J connectivity index is 1.57. The number of nitrogens with zero attached hydrogens (tertiary/aromatic N) is 2. The van der Waals surface area contributed by atoms with Gasteiger partial charge in [-0.05, 0) is 37.0 Å². The third-order valence-electron chi connectivity index (χ3n) is 4.66. The first-order valence-corrected chi connectivity index (χ1v) is 8.61. The van der Waals surface area contributed by atoms with Crippen molar-refractivity contribution >= 4 is 5.96 Å². The fourth-order valence-corrected chi connectivity index (χ4v) is 3.32. The molecule has 2 saturated heterocycles. The van der Waals surface area contributed by atoms with Gasteiger partial charge in [0, 0.05) is 33.3 Å². The highest BCUT2D eigenvalue weighted by atomic mass is 19.1. The second-order valence-corrected chi connectivity index (χ2v) is 6.39. The molecule has 3 rings (SSSR count). The second kappa shape index (κ2) is 7.94. The minimum atomic E-state index is -0.171. The van der Waals surface area contributed by atoms with Crippen LogP contribution >= 0.6 is 0 Å². The first kappa shape index (κ1) is 17.2. The summed E-state index contributed by atoms with van der Waals surface area (Å²) in [5, 5.41) is 3.37. The van der Waals surface area contributed by atoms with Gasteiger partial charge in [-0.25, -0.2) is 4.39 Å². The lowest BCUT2D eigenvalue weighted by atomic mass is 10.1. The fourth-order valence-electron chi connectivity index (χ4n) is 3.32. The summed E-state index contributed by atoms with van der Waals surface area (Å²) in [6.45, 7) is 5.51. The highest BCUT2D eigenvalue weighted by Gasteiger charge is 2.32. The number of halogens is 1. The van der Waals surface area contributed by atoms with Gasteiger partial charge in [0.2, 0.25) is 0 Å². The maximum atomic E-state index is 13.4. The average molecular weight is 335 g/mol. The van der Waals surface area contributed by atoms with Gasteiger partial charge in [-0.1, -0.05) is 12.1 Å². The van der Waals surface area contributed by atoms with E-state index in [1.54, 1.807) is 20.0 Å². The van der Waals surface area contributed by atoms with Gasteiger partial charge in [0.15, 0.2) is 5.96 Å². The smallest absolute Gasteiger partial charge is 0.194 e. The van der Waals surface area contributed by atoms with Crippen molar-refractivity contribution < 1.29 is 13.9 Å². The van der Waals surface area contributed by atoms with Crippen molar-refractivity contribution in [3.8, 4) is 0 Å². The van der Waals surface area contributed by atoms with E-state index < -0.39 is 0 Å². The number of aliphatic imine (C=N–C) groups is 1. The van der Waals surface area contributed by atoms with Crippen molar-refractivity contribution in [1.82, 2.24) is 10.2 Å². The number of guanidine groups is 1. The van der Waals surface area contributed by atoms with E-state index in [2.05, 4.69) is 15.2 Å². The Morgan fingerprint density at radius 1 is 1.33 bits per heavy atom. The van der Waals surface area contributed by atoms with Crippen molar-refractivity contribution in [3.05, 3.63) is 35.1 Å². The van der Waals surface area contributed by atoms with Crippen LogP contribution in [0.3, 0.4) is 0 Å². The number of aryl methyl sites for hydroxylation is 1. The van der Waals surface area contributed by atoms with Crippen LogP contribution in [0.25, 0.3) is 0 Å². The summed E-state index contributed by atoms with van der Waals surface area (Å²) < 4.78 is 25.0. The molecule has 2 fully saturated rings. The number of hydrogen-bond acceptors (Lipinski definition) is 3. The molecule has 132 valence electrons. The topological polar surface area (TPSA) is 46.1 Å². The average Bonchev–Trinajstić information content (AvgIpc) is 3.13. The lowest BCUT2D eigenvalue weighted by Crippen LogP contribution is -2.53. The van der Waals surface area contributed by atoms with E-state index >= 15 is 0 Å². The van der Waals surface area contributed by atoms with E-state index in [9.17, 15) is 4.39 Å². The first-order valence-electron chi connectivity index (χ1n) is 8.61. The molecule has 24 heavy (non-hydrogen) atoms. The summed E-state index contributed by atoms with van der Waals surface area (Å²) in [6.07, 6.45) is 2.49. The number of rotatable bonds is 3. The Morgan fingerprint density at radius 2 is 2.17 bits per heavy atom. The van der Waals surface area contributed by atoms with Crippen LogP contribution in [0, 0.1) is 12.7 Å². The molecule has 1 aromatic rings. The van der Waals surface area contributed by atoms with E-state index in [0.29, 0.717) is 18.7 Å². The highest BCUT2D eigenvalue weighted by Crippen LogP contribution is 2.21. The van der Waals surface area contributed by atoms with Gasteiger partial charge >= 0.3 is 0 Å². The molecule has 5 nitrogen and oxygen atoms in total. The Hall–Kier alpha value is -1.66.